The molecule has 1 heterocycles. The molecule has 0 aromatic rings. The maximum Gasteiger partial charge on any atom is 0.102 e. The largest absolute Gasteiger partial charge is 0.494 e. The summed E-state index contributed by atoms with van der Waals surface area (Å²) in [6, 6.07) is 0. The van der Waals surface area contributed by atoms with E-state index in [0.717, 1.165) is 37.2 Å². The van der Waals surface area contributed by atoms with Crippen LogP contribution in [0.5, 0.6) is 0 Å². The number of oxime groups is 1. The molecule has 88 valence electrons. The van der Waals surface area contributed by atoms with E-state index in [4.69, 9.17) is 9.94 Å². The summed E-state index contributed by atoms with van der Waals surface area (Å²) in [6.45, 7) is 0. The van der Waals surface area contributed by atoms with Crippen LogP contribution < -0.4 is 0 Å². The fraction of sp³-hybridized carbons (Fsp3) is 0.769. The van der Waals surface area contributed by atoms with Gasteiger partial charge in [0.1, 0.15) is 11.9 Å². The summed E-state index contributed by atoms with van der Waals surface area (Å²) in [7, 11) is 0. The first-order chi connectivity index (χ1) is 7.88. The molecule has 0 unspecified atom stereocenters. The molecule has 1 fully saturated rings. The van der Waals surface area contributed by atoms with Gasteiger partial charge in [-0.1, -0.05) is 11.6 Å². The Morgan fingerprint density at radius 2 is 2.00 bits per heavy atom. The monoisotopic (exact) mass is 221 g/mol. The van der Waals surface area contributed by atoms with Crippen molar-refractivity contribution in [1.29, 1.82) is 0 Å². The predicted molar refractivity (Wildman–Crippen MR) is 61.5 cm³/mol. The van der Waals surface area contributed by atoms with Gasteiger partial charge in [-0.3, -0.25) is 0 Å². The number of fused-ring (bicyclic) bond motifs is 1. The number of ether oxygens (including phenoxy) is 1. The van der Waals surface area contributed by atoms with Crippen LogP contribution in [0.3, 0.4) is 0 Å². The third kappa shape index (κ3) is 1.62. The first kappa shape index (κ1) is 10.2. The zero-order valence-electron chi connectivity index (χ0n) is 9.61. The average molecular weight is 221 g/mol. The Balaban J connectivity index is 1.88. The van der Waals surface area contributed by atoms with Gasteiger partial charge in [0.05, 0.1) is 5.71 Å². The lowest BCUT2D eigenvalue weighted by molar-refractivity contribution is 0.0121. The SMILES string of the molecule is O/N=C1/CCCC2=C1C[C@@H]1CCCC[C@H]1O2. The first-order valence-electron chi connectivity index (χ1n) is 6.48. The van der Waals surface area contributed by atoms with Crippen molar-refractivity contribution in [2.45, 2.75) is 57.5 Å². The van der Waals surface area contributed by atoms with Gasteiger partial charge in [-0.15, -0.1) is 0 Å². The van der Waals surface area contributed by atoms with Crippen molar-refractivity contribution >= 4 is 5.71 Å². The van der Waals surface area contributed by atoms with E-state index in [1.165, 1.54) is 31.3 Å². The molecule has 3 rings (SSSR count). The van der Waals surface area contributed by atoms with E-state index in [2.05, 4.69) is 5.16 Å². The van der Waals surface area contributed by atoms with Crippen molar-refractivity contribution in [3.63, 3.8) is 0 Å². The molecule has 3 heteroatoms. The summed E-state index contributed by atoms with van der Waals surface area (Å²) in [5, 5.41) is 12.5. The Kier molecular flexibility index (Phi) is 2.62. The maximum atomic E-state index is 9.02. The summed E-state index contributed by atoms with van der Waals surface area (Å²) in [4.78, 5) is 0. The van der Waals surface area contributed by atoms with Crippen molar-refractivity contribution in [2.24, 2.45) is 11.1 Å². The van der Waals surface area contributed by atoms with Crippen LogP contribution in [0.4, 0.5) is 0 Å². The molecular formula is C13H19NO2. The lowest BCUT2D eigenvalue weighted by Crippen LogP contribution is -2.34. The number of hydrogen-bond donors (Lipinski definition) is 1. The van der Waals surface area contributed by atoms with Crippen LogP contribution in [0.1, 0.15) is 51.4 Å². The molecule has 1 aliphatic heterocycles. The lowest BCUT2D eigenvalue weighted by atomic mass is 9.77. The second-order valence-electron chi connectivity index (χ2n) is 5.21. The molecule has 1 saturated carbocycles. The van der Waals surface area contributed by atoms with E-state index in [1.807, 2.05) is 0 Å². The van der Waals surface area contributed by atoms with E-state index in [-0.39, 0.29) is 0 Å². The van der Waals surface area contributed by atoms with E-state index in [9.17, 15) is 0 Å². The highest BCUT2D eigenvalue weighted by atomic mass is 16.5. The Bertz CT molecular complexity index is 346. The number of hydrogen-bond acceptors (Lipinski definition) is 3. The van der Waals surface area contributed by atoms with Gasteiger partial charge in [0.2, 0.25) is 0 Å². The van der Waals surface area contributed by atoms with Gasteiger partial charge in [-0.2, -0.15) is 0 Å². The van der Waals surface area contributed by atoms with E-state index in [1.54, 1.807) is 0 Å². The van der Waals surface area contributed by atoms with Gasteiger partial charge in [-0.05, 0) is 38.5 Å². The Labute approximate surface area is 96.2 Å². The highest BCUT2D eigenvalue weighted by molar-refractivity contribution is 6.01. The minimum absolute atomic E-state index is 0.450. The molecule has 0 bridgehead atoms. The topological polar surface area (TPSA) is 41.8 Å². The molecule has 3 aliphatic rings. The first-order valence-corrected chi connectivity index (χ1v) is 6.48. The van der Waals surface area contributed by atoms with Crippen LogP contribution in [-0.2, 0) is 4.74 Å². The Morgan fingerprint density at radius 3 is 2.88 bits per heavy atom. The molecule has 0 saturated heterocycles. The molecule has 3 nitrogen and oxygen atoms in total. The molecule has 2 aliphatic carbocycles. The lowest BCUT2D eigenvalue weighted by Gasteiger charge is -2.39. The Morgan fingerprint density at radius 1 is 1.12 bits per heavy atom. The molecule has 0 amide bonds. The highest BCUT2D eigenvalue weighted by Gasteiger charge is 2.36. The summed E-state index contributed by atoms with van der Waals surface area (Å²) >= 11 is 0. The zero-order valence-corrected chi connectivity index (χ0v) is 9.61. The quantitative estimate of drug-likeness (QED) is 0.504. The predicted octanol–water partition coefficient (Wildman–Crippen LogP) is 3.23. The van der Waals surface area contributed by atoms with E-state index < -0.39 is 0 Å². The number of nitrogens with zero attached hydrogens (tertiary/aromatic N) is 1. The standard InChI is InChI=1S/C13H19NO2/c15-14-11-5-3-7-13-10(11)8-9-4-1-2-6-12(9)16-13/h9,12,15H,1-8H2/b14-11-/t9-,12+/m0/s1. The summed E-state index contributed by atoms with van der Waals surface area (Å²) in [5.41, 5.74) is 2.10. The van der Waals surface area contributed by atoms with Gasteiger partial charge in [0, 0.05) is 17.9 Å². The fourth-order valence-corrected chi connectivity index (χ4v) is 3.36. The van der Waals surface area contributed by atoms with E-state index >= 15 is 0 Å². The van der Waals surface area contributed by atoms with Crippen LogP contribution in [0, 0.1) is 5.92 Å². The summed E-state index contributed by atoms with van der Waals surface area (Å²) < 4.78 is 6.11. The molecule has 0 spiro atoms. The van der Waals surface area contributed by atoms with Gasteiger partial charge >= 0.3 is 0 Å². The van der Waals surface area contributed by atoms with Crippen molar-refractivity contribution in [2.75, 3.05) is 0 Å². The third-order valence-electron chi connectivity index (χ3n) is 4.22. The Hall–Kier alpha value is -0.990. The van der Waals surface area contributed by atoms with E-state index in [0.29, 0.717) is 12.0 Å². The minimum atomic E-state index is 0.450. The molecule has 2 atom stereocenters. The van der Waals surface area contributed by atoms with Crippen molar-refractivity contribution < 1.29 is 9.94 Å². The molecule has 0 aromatic carbocycles. The molecule has 1 N–H and O–H groups in total. The average Bonchev–Trinajstić information content (AvgIpc) is 2.35. The van der Waals surface area contributed by atoms with Crippen LogP contribution in [0.15, 0.2) is 16.5 Å². The maximum absolute atomic E-state index is 9.02. The highest BCUT2D eigenvalue weighted by Crippen LogP contribution is 2.41. The zero-order chi connectivity index (χ0) is 11.0. The molecule has 0 aromatic heterocycles. The van der Waals surface area contributed by atoms with Gasteiger partial charge < -0.3 is 9.94 Å². The third-order valence-corrected chi connectivity index (χ3v) is 4.22. The normalized spacial score (nSPS) is 36.6. The van der Waals surface area contributed by atoms with Crippen molar-refractivity contribution in [1.82, 2.24) is 0 Å². The fourth-order valence-electron chi connectivity index (χ4n) is 3.36. The minimum Gasteiger partial charge on any atom is -0.494 e. The second-order valence-corrected chi connectivity index (χ2v) is 5.21. The molecule has 16 heavy (non-hydrogen) atoms. The van der Waals surface area contributed by atoms with Crippen LogP contribution >= 0.6 is 0 Å². The molecule has 0 radical (unpaired) electrons. The van der Waals surface area contributed by atoms with Gasteiger partial charge in [0.15, 0.2) is 0 Å². The van der Waals surface area contributed by atoms with Crippen LogP contribution in [-0.4, -0.2) is 17.0 Å². The van der Waals surface area contributed by atoms with Gasteiger partial charge in [-0.25, -0.2) is 0 Å². The molecular weight excluding hydrogens is 202 g/mol. The summed E-state index contributed by atoms with van der Waals surface area (Å²) in [5.74, 6) is 1.80. The second kappa shape index (κ2) is 4.11. The van der Waals surface area contributed by atoms with Gasteiger partial charge in [0.25, 0.3) is 0 Å². The van der Waals surface area contributed by atoms with Crippen molar-refractivity contribution in [3.05, 3.63) is 11.3 Å². The smallest absolute Gasteiger partial charge is 0.102 e. The number of rotatable bonds is 0. The van der Waals surface area contributed by atoms with Crippen molar-refractivity contribution in [3.8, 4) is 0 Å². The number of allylic oxidation sites excluding steroid dienone is 2. The van der Waals surface area contributed by atoms with Crippen LogP contribution in [0.25, 0.3) is 0 Å². The summed E-state index contributed by atoms with van der Waals surface area (Å²) in [6.07, 6.45) is 9.69. The van der Waals surface area contributed by atoms with Crippen LogP contribution in [0.2, 0.25) is 0 Å².